The molecule has 0 aliphatic heterocycles. The summed E-state index contributed by atoms with van der Waals surface area (Å²) in [4.78, 5) is 37.3. The first kappa shape index (κ1) is 22.1. The van der Waals surface area contributed by atoms with Crippen molar-refractivity contribution in [2.24, 2.45) is 11.8 Å². The van der Waals surface area contributed by atoms with Crippen LogP contribution in [0.2, 0.25) is 5.02 Å². The minimum atomic E-state index is -1.01. The van der Waals surface area contributed by atoms with Gasteiger partial charge in [0.15, 0.2) is 0 Å². The van der Waals surface area contributed by atoms with E-state index in [1.807, 2.05) is 6.08 Å². The van der Waals surface area contributed by atoms with E-state index in [9.17, 15) is 19.5 Å². The first-order valence-corrected chi connectivity index (χ1v) is 10.8. The average Bonchev–Trinajstić information content (AvgIpc) is 3.11. The second-order valence-electron chi connectivity index (χ2n) is 7.30. The molecule has 0 fully saturated rings. The van der Waals surface area contributed by atoms with E-state index in [1.165, 1.54) is 11.3 Å². The van der Waals surface area contributed by atoms with E-state index < -0.39 is 29.7 Å². The molecule has 0 saturated heterocycles. The number of esters is 1. The van der Waals surface area contributed by atoms with Gasteiger partial charge < -0.3 is 15.2 Å². The van der Waals surface area contributed by atoms with Gasteiger partial charge in [0.05, 0.1) is 17.9 Å². The molecule has 2 aromatic rings. The Bertz CT molecular complexity index is 980. The number of hydrogen-bond donors (Lipinski definition) is 2. The summed E-state index contributed by atoms with van der Waals surface area (Å²) in [7, 11) is 0. The highest BCUT2D eigenvalue weighted by atomic mass is 35.5. The number of allylic oxidation sites excluding steroid dienone is 2. The molecule has 8 heteroatoms. The molecule has 158 valence electrons. The highest BCUT2D eigenvalue weighted by Crippen LogP contribution is 2.38. The molecule has 6 nitrogen and oxygen atoms in total. The Hall–Kier alpha value is -2.64. The number of hydrogen-bond acceptors (Lipinski definition) is 5. The monoisotopic (exact) mass is 447 g/mol. The van der Waals surface area contributed by atoms with Crippen LogP contribution in [0.4, 0.5) is 5.00 Å². The topological polar surface area (TPSA) is 92.7 Å². The summed E-state index contributed by atoms with van der Waals surface area (Å²) in [6.07, 6.45) is 3.89. The van der Waals surface area contributed by atoms with Crippen molar-refractivity contribution in [3.63, 3.8) is 0 Å². The van der Waals surface area contributed by atoms with E-state index in [0.29, 0.717) is 28.4 Å². The second-order valence-corrected chi connectivity index (χ2v) is 8.61. The van der Waals surface area contributed by atoms with Crippen LogP contribution in [0.15, 0.2) is 41.8 Å². The lowest BCUT2D eigenvalue weighted by Crippen LogP contribution is -2.34. The molecule has 0 radical (unpaired) electrons. The first-order valence-electron chi connectivity index (χ1n) is 9.55. The molecule has 3 rings (SSSR count). The van der Waals surface area contributed by atoms with Crippen molar-refractivity contribution in [3.8, 4) is 11.1 Å². The number of anilines is 1. The first-order chi connectivity index (χ1) is 14.3. The van der Waals surface area contributed by atoms with Gasteiger partial charge in [-0.3, -0.25) is 9.59 Å². The Kier molecular flexibility index (Phi) is 6.95. The zero-order chi connectivity index (χ0) is 21.8. The number of carboxylic acid groups (broad SMARTS) is 1. The lowest BCUT2D eigenvalue weighted by Gasteiger charge is -2.24. The molecule has 1 aromatic carbocycles. The third-order valence-electron chi connectivity index (χ3n) is 4.82. The summed E-state index contributed by atoms with van der Waals surface area (Å²) >= 11 is 7.17. The largest absolute Gasteiger partial charge is 0.481 e. The number of benzene rings is 1. The molecular formula is C22H22ClNO5S. The molecule has 1 heterocycles. The molecule has 2 atom stereocenters. The van der Waals surface area contributed by atoms with Gasteiger partial charge in [0.25, 0.3) is 0 Å². The van der Waals surface area contributed by atoms with Crippen LogP contribution in [-0.4, -0.2) is 29.1 Å². The third kappa shape index (κ3) is 4.91. The molecule has 2 N–H and O–H groups in total. The fourth-order valence-electron chi connectivity index (χ4n) is 3.35. The maximum absolute atomic E-state index is 12.9. The van der Waals surface area contributed by atoms with Gasteiger partial charge in [0, 0.05) is 16.0 Å². The predicted molar refractivity (Wildman–Crippen MR) is 117 cm³/mol. The van der Waals surface area contributed by atoms with Crippen molar-refractivity contribution in [3.05, 3.63) is 52.4 Å². The molecule has 0 unspecified atom stereocenters. The molecule has 30 heavy (non-hydrogen) atoms. The van der Waals surface area contributed by atoms with Crippen LogP contribution >= 0.6 is 22.9 Å². The van der Waals surface area contributed by atoms with Crippen LogP contribution in [0.1, 0.15) is 37.0 Å². The molecule has 0 bridgehead atoms. The van der Waals surface area contributed by atoms with Crippen LogP contribution in [0.25, 0.3) is 11.1 Å². The Labute approximate surface area is 183 Å². The molecule has 0 spiro atoms. The molecule has 1 amide bonds. The van der Waals surface area contributed by atoms with Gasteiger partial charge in [0.1, 0.15) is 10.6 Å². The van der Waals surface area contributed by atoms with E-state index in [-0.39, 0.29) is 11.7 Å². The molecular weight excluding hydrogens is 426 g/mol. The van der Waals surface area contributed by atoms with Crippen molar-refractivity contribution in [2.75, 3.05) is 5.32 Å². The van der Waals surface area contributed by atoms with Crippen molar-refractivity contribution >= 4 is 45.8 Å². The quantitative estimate of drug-likeness (QED) is 0.466. The Balaban J connectivity index is 1.95. The number of ether oxygens (including phenoxy) is 1. The van der Waals surface area contributed by atoms with E-state index in [0.717, 1.165) is 5.56 Å². The second kappa shape index (κ2) is 9.45. The maximum Gasteiger partial charge on any atom is 0.342 e. The fourth-order valence-corrected chi connectivity index (χ4v) is 4.44. The molecule has 1 aliphatic rings. The minimum Gasteiger partial charge on any atom is -0.481 e. The maximum atomic E-state index is 12.9. The van der Waals surface area contributed by atoms with Crippen molar-refractivity contribution < 1.29 is 24.2 Å². The highest BCUT2D eigenvalue weighted by Gasteiger charge is 2.35. The number of aliphatic carboxylic acids is 1. The number of carboxylic acids is 1. The number of nitrogens with one attached hydrogen (secondary N) is 1. The summed E-state index contributed by atoms with van der Waals surface area (Å²) in [5, 5.41) is 14.9. The van der Waals surface area contributed by atoms with Gasteiger partial charge in [-0.1, -0.05) is 35.9 Å². The Morgan fingerprint density at radius 2 is 1.77 bits per heavy atom. The van der Waals surface area contributed by atoms with Crippen LogP contribution < -0.4 is 5.32 Å². The number of carbonyl (C=O) groups is 3. The number of thiophene rings is 1. The zero-order valence-electron chi connectivity index (χ0n) is 16.6. The van der Waals surface area contributed by atoms with E-state index in [4.69, 9.17) is 16.3 Å². The zero-order valence-corrected chi connectivity index (χ0v) is 18.1. The number of carbonyl (C=O) groups excluding carboxylic acids is 2. The van der Waals surface area contributed by atoms with Crippen LogP contribution in [0.5, 0.6) is 0 Å². The predicted octanol–water partition coefficient (Wildman–Crippen LogP) is 5.24. The molecule has 1 aliphatic carbocycles. The fraction of sp³-hybridized carbons (Fsp3) is 0.318. The summed E-state index contributed by atoms with van der Waals surface area (Å²) < 4.78 is 5.39. The van der Waals surface area contributed by atoms with Crippen molar-refractivity contribution in [2.45, 2.75) is 32.8 Å². The lowest BCUT2D eigenvalue weighted by atomic mass is 9.82. The van der Waals surface area contributed by atoms with Gasteiger partial charge in [0.2, 0.25) is 5.91 Å². The van der Waals surface area contributed by atoms with Gasteiger partial charge >= 0.3 is 11.9 Å². The third-order valence-corrected chi connectivity index (χ3v) is 5.96. The Morgan fingerprint density at radius 1 is 1.13 bits per heavy atom. The number of rotatable bonds is 6. The normalized spacial score (nSPS) is 18.3. The van der Waals surface area contributed by atoms with Gasteiger partial charge in [-0.05, 0) is 44.4 Å². The van der Waals surface area contributed by atoms with E-state index >= 15 is 0 Å². The number of halogens is 1. The average molecular weight is 448 g/mol. The van der Waals surface area contributed by atoms with E-state index in [2.05, 4.69) is 5.32 Å². The molecule has 1 aromatic heterocycles. The molecule has 0 saturated carbocycles. The number of amides is 1. The summed E-state index contributed by atoms with van der Waals surface area (Å²) in [5.41, 5.74) is 1.63. The summed E-state index contributed by atoms with van der Waals surface area (Å²) in [6.45, 7) is 3.49. The lowest BCUT2D eigenvalue weighted by molar-refractivity contribution is -0.146. The standard InChI is InChI=1S/C22H22ClNO5S/c1-12(2)29-22(28)18-17(13-7-9-14(23)10-8-13)11-30-20(18)24-19(25)15-5-3-4-6-16(15)21(26)27/h3-4,7-12,15-16H,5-6H2,1-2H3,(H,24,25)(H,26,27)/t15-,16-/m1/s1. The summed E-state index contributed by atoms with van der Waals surface area (Å²) in [5.74, 6) is -3.48. The van der Waals surface area contributed by atoms with Gasteiger partial charge in [-0.2, -0.15) is 0 Å². The van der Waals surface area contributed by atoms with Crippen LogP contribution in [0.3, 0.4) is 0 Å². The van der Waals surface area contributed by atoms with Crippen LogP contribution in [-0.2, 0) is 14.3 Å². The van der Waals surface area contributed by atoms with Crippen molar-refractivity contribution in [1.82, 2.24) is 0 Å². The smallest absolute Gasteiger partial charge is 0.342 e. The summed E-state index contributed by atoms with van der Waals surface area (Å²) in [6, 6.07) is 7.01. The highest BCUT2D eigenvalue weighted by molar-refractivity contribution is 7.15. The Morgan fingerprint density at radius 3 is 2.37 bits per heavy atom. The van der Waals surface area contributed by atoms with Crippen LogP contribution in [0, 0.1) is 11.8 Å². The van der Waals surface area contributed by atoms with Gasteiger partial charge in [-0.15, -0.1) is 11.3 Å². The van der Waals surface area contributed by atoms with Gasteiger partial charge in [-0.25, -0.2) is 4.79 Å². The minimum absolute atomic E-state index is 0.252. The van der Waals surface area contributed by atoms with Crippen molar-refractivity contribution in [1.29, 1.82) is 0 Å². The SMILES string of the molecule is CC(C)OC(=O)c1c(-c2ccc(Cl)cc2)csc1NC(=O)[C@@H]1CC=CC[C@H]1C(=O)O. The van der Waals surface area contributed by atoms with E-state index in [1.54, 1.807) is 49.6 Å².